The summed E-state index contributed by atoms with van der Waals surface area (Å²) < 4.78 is 19.6. The van der Waals surface area contributed by atoms with Crippen molar-refractivity contribution >= 4 is 64.6 Å². The summed E-state index contributed by atoms with van der Waals surface area (Å²) in [6.45, 7) is -0.615. The van der Waals surface area contributed by atoms with Gasteiger partial charge in [-0.05, 0) is 101 Å². The lowest BCUT2D eigenvalue weighted by molar-refractivity contribution is 0.00377. The largest absolute Gasteiger partial charge is 0.507 e. The summed E-state index contributed by atoms with van der Waals surface area (Å²) in [5, 5.41) is 81.2. The van der Waals surface area contributed by atoms with E-state index >= 15 is 0 Å². The molecule has 10 nitrogen and oxygen atoms in total. The Morgan fingerprint density at radius 2 is 0.481 bits per heavy atom. The van der Waals surface area contributed by atoms with E-state index in [0.29, 0.717) is 50.6 Å². The molecule has 0 bridgehead atoms. The topological polar surface area (TPSA) is 152 Å². The van der Waals surface area contributed by atoms with Crippen LogP contribution in [0.15, 0.2) is 218 Å². The Bertz CT molecular complexity index is 3790. The fourth-order valence-electron chi connectivity index (χ4n) is 11.3. The predicted molar refractivity (Wildman–Crippen MR) is 317 cm³/mol. The first-order valence-electron chi connectivity index (χ1n) is 26.5. The van der Waals surface area contributed by atoms with E-state index in [1.807, 2.05) is 200 Å². The number of rotatable bonds is 18. The standard InChI is InChI=1S/C69H57NO9/c71-49(40-77-61-34-28-46-16-4-10-22-55(46)67(61)64-52-19-7-1-13-43(52)25-31-58(64)74)37-70(38-50(72)41-78-62-35-29-47-17-5-11-23-56(47)68(62)65-53-20-8-2-14-44(53)26-32-59(65)75)39-51(73)42-79-63-36-30-48-18-6-12-24-57(48)69(63)66-54-21-9-3-15-45(54)27-33-60(66)76/h1-36,49-51,71-76H,37-42H2/t49-,50-,51-/m0/s1. The zero-order chi connectivity index (χ0) is 54.0. The minimum absolute atomic E-state index is 0.0350. The molecule has 12 aromatic rings. The van der Waals surface area contributed by atoms with Gasteiger partial charge < -0.3 is 44.8 Å². The molecule has 6 N–H and O–H groups in total. The molecule has 0 saturated carbocycles. The van der Waals surface area contributed by atoms with Crippen LogP contribution in [0.3, 0.4) is 0 Å². The summed E-state index contributed by atoms with van der Waals surface area (Å²) in [4.78, 5) is 1.77. The van der Waals surface area contributed by atoms with Gasteiger partial charge in [-0.1, -0.05) is 182 Å². The average Bonchev–Trinajstić information content (AvgIpc) is 3.62. The first kappa shape index (κ1) is 50.6. The zero-order valence-electron chi connectivity index (χ0n) is 43.1. The molecule has 0 aliphatic rings. The first-order valence-corrected chi connectivity index (χ1v) is 26.5. The Kier molecular flexibility index (Phi) is 14.1. The average molecular weight is 1040 g/mol. The van der Waals surface area contributed by atoms with Crippen LogP contribution in [0.25, 0.3) is 98.0 Å². The quantitative estimate of drug-likeness (QED) is 0.0490. The Labute approximate surface area is 456 Å². The molecule has 0 saturated heterocycles. The third-order valence-electron chi connectivity index (χ3n) is 14.8. The molecule has 79 heavy (non-hydrogen) atoms. The molecule has 392 valence electrons. The highest BCUT2D eigenvalue weighted by atomic mass is 16.5. The molecule has 0 unspecified atom stereocenters. The number of fused-ring (bicyclic) bond motifs is 6. The van der Waals surface area contributed by atoms with E-state index in [4.69, 9.17) is 14.2 Å². The van der Waals surface area contributed by atoms with Crippen molar-refractivity contribution in [1.29, 1.82) is 0 Å². The van der Waals surface area contributed by atoms with Crippen LogP contribution >= 0.6 is 0 Å². The molecule has 0 fully saturated rings. The second-order valence-corrected chi connectivity index (χ2v) is 20.1. The lowest BCUT2D eigenvalue weighted by atomic mass is 9.92. The summed E-state index contributed by atoms with van der Waals surface area (Å²) in [7, 11) is 0. The number of benzene rings is 12. The molecule has 10 heteroatoms. The molecule has 12 rings (SSSR count). The van der Waals surface area contributed by atoms with Crippen molar-refractivity contribution < 1.29 is 44.8 Å². The highest BCUT2D eigenvalue weighted by Gasteiger charge is 2.26. The van der Waals surface area contributed by atoms with Gasteiger partial charge in [-0.25, -0.2) is 0 Å². The third kappa shape index (κ3) is 10.2. The normalized spacial score (nSPS) is 12.9. The van der Waals surface area contributed by atoms with Crippen molar-refractivity contribution in [2.75, 3.05) is 39.5 Å². The molecule has 0 amide bonds. The summed E-state index contributed by atoms with van der Waals surface area (Å²) >= 11 is 0. The van der Waals surface area contributed by atoms with Crippen LogP contribution < -0.4 is 14.2 Å². The van der Waals surface area contributed by atoms with E-state index in [9.17, 15) is 30.6 Å². The molecule has 3 atom stereocenters. The van der Waals surface area contributed by atoms with Crippen molar-refractivity contribution in [3.05, 3.63) is 218 Å². The van der Waals surface area contributed by atoms with E-state index in [2.05, 4.69) is 0 Å². The van der Waals surface area contributed by atoms with Crippen LogP contribution in [0.4, 0.5) is 0 Å². The molecule has 0 heterocycles. The number of aliphatic hydroxyl groups excluding tert-OH is 3. The SMILES string of the molecule is Oc1ccc2ccccc2c1-c1c(OC[C@@H](O)CN(C[C@H](O)COc2ccc3ccccc3c2-c2c(O)ccc3ccccc23)C[C@H](O)COc2ccc3ccccc3c2-c2c(O)ccc3ccccc23)ccc2ccccc12. The molecule has 0 spiro atoms. The van der Waals surface area contributed by atoms with Gasteiger partial charge in [-0.3, -0.25) is 4.90 Å². The van der Waals surface area contributed by atoms with Gasteiger partial charge >= 0.3 is 0 Å². The lowest BCUT2D eigenvalue weighted by Crippen LogP contribution is -2.45. The van der Waals surface area contributed by atoms with Crippen molar-refractivity contribution in [2.45, 2.75) is 18.3 Å². The van der Waals surface area contributed by atoms with Gasteiger partial charge in [0, 0.05) is 53.0 Å². The number of ether oxygens (including phenoxy) is 3. The Morgan fingerprint density at radius 1 is 0.266 bits per heavy atom. The van der Waals surface area contributed by atoms with Crippen molar-refractivity contribution in [3.8, 4) is 67.9 Å². The van der Waals surface area contributed by atoms with E-state index < -0.39 is 18.3 Å². The second-order valence-electron chi connectivity index (χ2n) is 20.1. The monoisotopic (exact) mass is 1040 g/mol. The number of aromatic hydroxyl groups is 3. The van der Waals surface area contributed by atoms with Gasteiger partial charge in [0.1, 0.15) is 72.6 Å². The maximum Gasteiger partial charge on any atom is 0.128 e. The number of phenols is 3. The predicted octanol–water partition coefficient (Wildman–Crippen LogP) is 13.6. The third-order valence-corrected chi connectivity index (χ3v) is 14.8. The fourth-order valence-corrected chi connectivity index (χ4v) is 11.3. The van der Waals surface area contributed by atoms with Gasteiger partial charge in [0.15, 0.2) is 0 Å². The maximum absolute atomic E-state index is 12.0. The van der Waals surface area contributed by atoms with Gasteiger partial charge in [-0.15, -0.1) is 0 Å². The Morgan fingerprint density at radius 3 is 0.734 bits per heavy atom. The first-order chi connectivity index (χ1) is 38.7. The minimum Gasteiger partial charge on any atom is -0.507 e. The van der Waals surface area contributed by atoms with E-state index in [1.54, 1.807) is 23.1 Å². The highest BCUT2D eigenvalue weighted by Crippen LogP contribution is 2.48. The van der Waals surface area contributed by atoms with Crippen LogP contribution in [0, 0.1) is 0 Å². The van der Waals surface area contributed by atoms with Crippen LogP contribution in [-0.4, -0.2) is 93.3 Å². The summed E-state index contributed by atoms with van der Waals surface area (Å²) in [5.74, 6) is 1.66. The molecule has 0 aliphatic carbocycles. The van der Waals surface area contributed by atoms with E-state index in [0.717, 1.165) is 64.6 Å². The molecule has 0 radical (unpaired) electrons. The van der Waals surface area contributed by atoms with Gasteiger partial charge in [0.2, 0.25) is 0 Å². The zero-order valence-corrected chi connectivity index (χ0v) is 43.1. The van der Waals surface area contributed by atoms with Crippen LogP contribution in [0.1, 0.15) is 0 Å². The highest BCUT2D eigenvalue weighted by molar-refractivity contribution is 6.12. The molecular formula is C69H57NO9. The maximum atomic E-state index is 12.0. The number of hydrogen-bond donors (Lipinski definition) is 6. The fraction of sp³-hybridized carbons (Fsp3) is 0.130. The van der Waals surface area contributed by atoms with Crippen LogP contribution in [-0.2, 0) is 0 Å². The number of phenolic OH excluding ortho intramolecular Hbond substituents is 3. The molecule has 0 aromatic heterocycles. The smallest absolute Gasteiger partial charge is 0.128 e. The minimum atomic E-state index is -1.13. The summed E-state index contributed by atoms with van der Waals surface area (Å²) in [6.07, 6.45) is -3.40. The van der Waals surface area contributed by atoms with E-state index in [-0.39, 0.29) is 56.7 Å². The molecule has 12 aromatic carbocycles. The van der Waals surface area contributed by atoms with Crippen molar-refractivity contribution in [1.82, 2.24) is 4.90 Å². The van der Waals surface area contributed by atoms with Crippen LogP contribution in [0.2, 0.25) is 0 Å². The Balaban J connectivity index is 0.838. The molecule has 0 aliphatic heterocycles. The lowest BCUT2D eigenvalue weighted by Gasteiger charge is -2.29. The summed E-state index contributed by atoms with van der Waals surface area (Å²) in [5.41, 5.74) is 3.90. The number of aliphatic hydroxyl groups is 3. The summed E-state index contributed by atoms with van der Waals surface area (Å²) in [6, 6.07) is 69.3. The van der Waals surface area contributed by atoms with Gasteiger partial charge in [0.05, 0.1) is 0 Å². The molecular weight excluding hydrogens is 987 g/mol. The van der Waals surface area contributed by atoms with Gasteiger partial charge in [-0.2, -0.15) is 0 Å². The van der Waals surface area contributed by atoms with Crippen molar-refractivity contribution in [3.63, 3.8) is 0 Å². The Hall–Kier alpha value is -9.16. The number of nitrogens with zero attached hydrogens (tertiary/aromatic N) is 1. The van der Waals surface area contributed by atoms with E-state index in [1.165, 1.54) is 0 Å². The van der Waals surface area contributed by atoms with Crippen LogP contribution in [0.5, 0.6) is 34.5 Å². The second kappa shape index (κ2) is 22.1. The van der Waals surface area contributed by atoms with Gasteiger partial charge in [0.25, 0.3) is 0 Å². The number of hydrogen-bond acceptors (Lipinski definition) is 10. The van der Waals surface area contributed by atoms with Crippen molar-refractivity contribution in [2.24, 2.45) is 0 Å².